The first-order valence-corrected chi connectivity index (χ1v) is 6.48. The topological polar surface area (TPSA) is 12.0 Å². The molecule has 0 heterocycles. The molecule has 0 saturated heterocycles. The molecule has 3 heteroatoms. The third kappa shape index (κ3) is 3.97. The van der Waals surface area contributed by atoms with E-state index in [-0.39, 0.29) is 0 Å². The Kier molecular flexibility index (Phi) is 5.60. The van der Waals surface area contributed by atoms with Crippen LogP contribution in [0.2, 0.25) is 10.0 Å². The molecule has 1 nitrogen and oxygen atoms in total. The van der Waals surface area contributed by atoms with Gasteiger partial charge in [-0.15, -0.1) is 0 Å². The standard InChI is InChI=1S/C13H19Cl2N/c1-4-9(2)8-16-10(3)11-5-6-12(14)13(15)7-11/h5-7,9-10,16H,4,8H2,1-3H3. The molecular weight excluding hydrogens is 241 g/mol. The molecule has 0 bridgehead atoms. The zero-order valence-corrected chi connectivity index (χ0v) is 11.6. The van der Waals surface area contributed by atoms with Gasteiger partial charge in [0.15, 0.2) is 0 Å². The number of rotatable bonds is 5. The average Bonchev–Trinajstić information content (AvgIpc) is 2.29. The Morgan fingerprint density at radius 1 is 1.19 bits per heavy atom. The minimum Gasteiger partial charge on any atom is -0.310 e. The van der Waals surface area contributed by atoms with E-state index >= 15 is 0 Å². The van der Waals surface area contributed by atoms with E-state index in [1.54, 1.807) is 0 Å². The first-order chi connectivity index (χ1) is 7.54. The van der Waals surface area contributed by atoms with Crippen molar-refractivity contribution in [2.45, 2.75) is 33.2 Å². The van der Waals surface area contributed by atoms with Crippen molar-refractivity contribution in [2.75, 3.05) is 6.54 Å². The lowest BCUT2D eigenvalue weighted by atomic mass is 10.1. The second kappa shape index (κ2) is 6.48. The van der Waals surface area contributed by atoms with Crippen LogP contribution in [0.15, 0.2) is 18.2 Å². The Morgan fingerprint density at radius 2 is 1.88 bits per heavy atom. The molecular formula is C13H19Cl2N. The molecule has 0 aromatic heterocycles. The highest BCUT2D eigenvalue weighted by molar-refractivity contribution is 6.42. The van der Waals surface area contributed by atoms with Gasteiger partial charge in [-0.3, -0.25) is 0 Å². The second-order valence-electron chi connectivity index (χ2n) is 4.32. The van der Waals surface area contributed by atoms with Gasteiger partial charge in [0, 0.05) is 6.04 Å². The van der Waals surface area contributed by atoms with E-state index < -0.39 is 0 Å². The van der Waals surface area contributed by atoms with Gasteiger partial charge in [-0.05, 0) is 37.1 Å². The molecule has 90 valence electrons. The van der Waals surface area contributed by atoms with Gasteiger partial charge in [-0.2, -0.15) is 0 Å². The summed E-state index contributed by atoms with van der Waals surface area (Å²) in [7, 11) is 0. The highest BCUT2D eigenvalue weighted by Crippen LogP contribution is 2.25. The van der Waals surface area contributed by atoms with Crippen molar-refractivity contribution in [2.24, 2.45) is 5.92 Å². The van der Waals surface area contributed by atoms with Gasteiger partial charge in [-0.1, -0.05) is 49.5 Å². The summed E-state index contributed by atoms with van der Waals surface area (Å²) in [5.74, 6) is 0.699. The molecule has 2 atom stereocenters. The Bertz CT molecular complexity index is 339. The van der Waals surface area contributed by atoms with E-state index in [4.69, 9.17) is 23.2 Å². The summed E-state index contributed by atoms with van der Waals surface area (Å²) >= 11 is 11.9. The van der Waals surface area contributed by atoms with Gasteiger partial charge < -0.3 is 5.32 Å². The first-order valence-electron chi connectivity index (χ1n) is 5.73. The molecule has 0 aliphatic heterocycles. The smallest absolute Gasteiger partial charge is 0.0595 e. The summed E-state index contributed by atoms with van der Waals surface area (Å²) in [4.78, 5) is 0. The maximum absolute atomic E-state index is 5.99. The van der Waals surface area contributed by atoms with Crippen LogP contribution in [0.5, 0.6) is 0 Å². The lowest BCUT2D eigenvalue weighted by Gasteiger charge is -2.17. The minimum atomic E-state index is 0.309. The summed E-state index contributed by atoms with van der Waals surface area (Å²) in [5, 5.41) is 4.73. The molecule has 0 saturated carbocycles. The van der Waals surface area contributed by atoms with Crippen LogP contribution in [-0.4, -0.2) is 6.54 Å². The van der Waals surface area contributed by atoms with Crippen LogP contribution in [0.1, 0.15) is 38.8 Å². The zero-order chi connectivity index (χ0) is 12.1. The molecule has 0 aliphatic carbocycles. The predicted molar refractivity (Wildman–Crippen MR) is 72.3 cm³/mol. The van der Waals surface area contributed by atoms with E-state index in [9.17, 15) is 0 Å². The van der Waals surface area contributed by atoms with E-state index in [1.807, 2.05) is 18.2 Å². The van der Waals surface area contributed by atoms with Crippen molar-refractivity contribution in [1.82, 2.24) is 5.32 Å². The number of nitrogens with one attached hydrogen (secondary N) is 1. The van der Waals surface area contributed by atoms with Gasteiger partial charge >= 0.3 is 0 Å². The maximum atomic E-state index is 5.99. The lowest BCUT2D eigenvalue weighted by molar-refractivity contribution is 0.461. The van der Waals surface area contributed by atoms with Gasteiger partial charge in [-0.25, -0.2) is 0 Å². The van der Waals surface area contributed by atoms with Crippen LogP contribution < -0.4 is 5.32 Å². The first kappa shape index (κ1) is 13.8. The molecule has 0 amide bonds. The summed E-state index contributed by atoms with van der Waals surface area (Å²) in [6.07, 6.45) is 1.20. The molecule has 1 N–H and O–H groups in total. The van der Waals surface area contributed by atoms with Crippen molar-refractivity contribution in [3.8, 4) is 0 Å². The molecule has 0 aliphatic rings. The molecule has 1 rings (SSSR count). The van der Waals surface area contributed by atoms with Crippen LogP contribution in [0, 0.1) is 5.92 Å². The van der Waals surface area contributed by atoms with Crippen LogP contribution in [0.4, 0.5) is 0 Å². The normalized spacial score (nSPS) is 14.8. The van der Waals surface area contributed by atoms with E-state index in [0.29, 0.717) is 22.0 Å². The zero-order valence-electron chi connectivity index (χ0n) is 10.1. The molecule has 2 unspecified atom stereocenters. The number of hydrogen-bond acceptors (Lipinski definition) is 1. The quantitative estimate of drug-likeness (QED) is 0.809. The van der Waals surface area contributed by atoms with Gasteiger partial charge in [0.25, 0.3) is 0 Å². The van der Waals surface area contributed by atoms with Crippen LogP contribution in [0.3, 0.4) is 0 Å². The Balaban J connectivity index is 2.59. The van der Waals surface area contributed by atoms with Gasteiger partial charge in [0.1, 0.15) is 0 Å². The Labute approximate surface area is 108 Å². The molecule has 1 aromatic rings. The fourth-order valence-electron chi connectivity index (χ4n) is 1.42. The number of benzene rings is 1. The van der Waals surface area contributed by atoms with Crippen molar-refractivity contribution in [1.29, 1.82) is 0 Å². The van der Waals surface area contributed by atoms with Crippen LogP contribution in [0.25, 0.3) is 0 Å². The van der Waals surface area contributed by atoms with Crippen LogP contribution >= 0.6 is 23.2 Å². The van der Waals surface area contributed by atoms with Gasteiger partial charge in [0.2, 0.25) is 0 Å². The van der Waals surface area contributed by atoms with Gasteiger partial charge in [0.05, 0.1) is 10.0 Å². The second-order valence-corrected chi connectivity index (χ2v) is 5.13. The van der Waals surface area contributed by atoms with Crippen molar-refractivity contribution in [3.63, 3.8) is 0 Å². The summed E-state index contributed by atoms with van der Waals surface area (Å²) < 4.78 is 0. The third-order valence-corrected chi connectivity index (χ3v) is 3.65. The summed E-state index contributed by atoms with van der Waals surface area (Å²) in [6.45, 7) is 7.62. The average molecular weight is 260 g/mol. The van der Waals surface area contributed by atoms with Crippen LogP contribution in [-0.2, 0) is 0 Å². The Hall–Kier alpha value is -0.240. The number of hydrogen-bond donors (Lipinski definition) is 1. The monoisotopic (exact) mass is 259 g/mol. The van der Waals surface area contributed by atoms with Crippen molar-refractivity contribution in [3.05, 3.63) is 33.8 Å². The summed E-state index contributed by atoms with van der Waals surface area (Å²) in [5.41, 5.74) is 1.18. The van der Waals surface area contributed by atoms with E-state index in [0.717, 1.165) is 6.54 Å². The SMILES string of the molecule is CCC(C)CNC(C)c1ccc(Cl)c(Cl)c1. The fourth-order valence-corrected chi connectivity index (χ4v) is 1.73. The minimum absolute atomic E-state index is 0.309. The fraction of sp³-hybridized carbons (Fsp3) is 0.538. The highest BCUT2D eigenvalue weighted by atomic mass is 35.5. The molecule has 1 aromatic carbocycles. The van der Waals surface area contributed by atoms with E-state index in [1.165, 1.54) is 12.0 Å². The van der Waals surface area contributed by atoms with Crippen molar-refractivity contribution < 1.29 is 0 Å². The molecule has 16 heavy (non-hydrogen) atoms. The highest BCUT2D eigenvalue weighted by Gasteiger charge is 2.08. The van der Waals surface area contributed by atoms with E-state index in [2.05, 4.69) is 26.1 Å². The number of halogens is 2. The largest absolute Gasteiger partial charge is 0.310 e. The molecule has 0 fully saturated rings. The third-order valence-electron chi connectivity index (χ3n) is 2.91. The molecule has 0 radical (unpaired) electrons. The van der Waals surface area contributed by atoms with Crippen molar-refractivity contribution >= 4 is 23.2 Å². The predicted octanol–water partition coefficient (Wildman–Crippen LogP) is 4.69. The lowest BCUT2D eigenvalue weighted by Crippen LogP contribution is -2.24. The maximum Gasteiger partial charge on any atom is 0.0595 e. The Morgan fingerprint density at radius 3 is 2.44 bits per heavy atom. The molecule has 0 spiro atoms. The summed E-state index contributed by atoms with van der Waals surface area (Å²) in [6, 6.07) is 6.10.